The Morgan fingerprint density at radius 1 is 1.25 bits per heavy atom. The summed E-state index contributed by atoms with van der Waals surface area (Å²) in [7, 11) is 0. The van der Waals surface area contributed by atoms with Crippen molar-refractivity contribution in [3.63, 3.8) is 0 Å². The lowest BCUT2D eigenvalue weighted by molar-refractivity contribution is -0.384. The van der Waals surface area contributed by atoms with Gasteiger partial charge in [0.2, 0.25) is 0 Å². The number of non-ortho nitro benzene ring substituents is 1. The predicted octanol–water partition coefficient (Wildman–Crippen LogP) is 4.20. The Labute approximate surface area is 124 Å². The molecule has 0 aromatic heterocycles. The molecule has 0 saturated heterocycles. The highest BCUT2D eigenvalue weighted by molar-refractivity contribution is 9.10. The van der Waals surface area contributed by atoms with Crippen LogP contribution in [0.25, 0.3) is 0 Å². The molecule has 0 saturated carbocycles. The molecular weight excluding hydrogens is 326 g/mol. The number of nitrogens with zero attached hydrogens (tertiary/aromatic N) is 1. The number of halogens is 1. The van der Waals surface area contributed by atoms with Gasteiger partial charge in [-0.15, -0.1) is 0 Å². The summed E-state index contributed by atoms with van der Waals surface area (Å²) in [6.07, 6.45) is -0.587. The van der Waals surface area contributed by atoms with Gasteiger partial charge in [-0.05, 0) is 30.7 Å². The normalized spacial score (nSPS) is 11.9. The van der Waals surface area contributed by atoms with Gasteiger partial charge in [-0.25, -0.2) is 0 Å². The van der Waals surface area contributed by atoms with Gasteiger partial charge >= 0.3 is 0 Å². The van der Waals surface area contributed by atoms with Crippen molar-refractivity contribution in [1.29, 1.82) is 0 Å². The third kappa shape index (κ3) is 3.34. The molecule has 0 heterocycles. The van der Waals surface area contributed by atoms with Gasteiger partial charge in [0.25, 0.3) is 5.69 Å². The van der Waals surface area contributed by atoms with Crippen LogP contribution < -0.4 is 4.74 Å². The highest BCUT2D eigenvalue weighted by atomic mass is 79.9. The van der Waals surface area contributed by atoms with E-state index in [-0.39, 0.29) is 5.69 Å². The van der Waals surface area contributed by atoms with Crippen LogP contribution in [0.15, 0.2) is 46.9 Å². The van der Waals surface area contributed by atoms with Crippen LogP contribution in [-0.2, 0) is 0 Å². The summed E-state index contributed by atoms with van der Waals surface area (Å²) in [5.41, 5.74) is 0.721. The van der Waals surface area contributed by atoms with Crippen molar-refractivity contribution >= 4 is 21.6 Å². The molecule has 5 nitrogen and oxygen atoms in total. The summed E-state index contributed by atoms with van der Waals surface area (Å²) in [6, 6.07) is 11.1. The van der Waals surface area contributed by atoms with Crippen molar-refractivity contribution in [3.05, 3.63) is 62.6 Å². The maximum atomic E-state index is 10.7. The van der Waals surface area contributed by atoms with Crippen molar-refractivity contribution in [2.75, 3.05) is 0 Å². The van der Waals surface area contributed by atoms with Crippen LogP contribution in [0.2, 0.25) is 0 Å². The number of ether oxygens (including phenoxy) is 1. The second-order valence-corrected chi connectivity index (χ2v) is 5.07. The molecule has 0 radical (unpaired) electrons. The minimum Gasteiger partial charge on any atom is -0.457 e. The molecule has 2 aromatic rings. The van der Waals surface area contributed by atoms with Gasteiger partial charge in [0, 0.05) is 10.5 Å². The van der Waals surface area contributed by atoms with Crippen molar-refractivity contribution in [2.24, 2.45) is 0 Å². The van der Waals surface area contributed by atoms with Crippen molar-refractivity contribution in [2.45, 2.75) is 13.0 Å². The second-order valence-electron chi connectivity index (χ2n) is 4.22. The zero-order valence-corrected chi connectivity index (χ0v) is 12.2. The van der Waals surface area contributed by atoms with E-state index < -0.39 is 11.0 Å². The lowest BCUT2D eigenvalue weighted by Crippen LogP contribution is -1.93. The summed E-state index contributed by atoms with van der Waals surface area (Å²) < 4.78 is 6.29. The Bertz CT molecular complexity index is 643. The minimum absolute atomic E-state index is 0.0258. The third-order valence-corrected chi connectivity index (χ3v) is 3.37. The maximum absolute atomic E-state index is 10.7. The molecule has 0 aliphatic carbocycles. The molecule has 2 aromatic carbocycles. The molecular formula is C14H12BrNO4. The van der Waals surface area contributed by atoms with E-state index in [1.807, 2.05) is 0 Å². The fourth-order valence-electron chi connectivity index (χ4n) is 1.71. The average molecular weight is 338 g/mol. The third-order valence-electron chi connectivity index (χ3n) is 2.69. The van der Waals surface area contributed by atoms with Crippen LogP contribution in [-0.4, -0.2) is 10.0 Å². The van der Waals surface area contributed by atoms with Crippen LogP contribution in [0.1, 0.15) is 18.6 Å². The molecule has 2 rings (SSSR count). The number of nitro groups is 1. The molecule has 1 atom stereocenters. The highest BCUT2D eigenvalue weighted by Gasteiger charge is 2.10. The summed E-state index contributed by atoms with van der Waals surface area (Å²) >= 11 is 3.35. The van der Waals surface area contributed by atoms with Crippen LogP contribution in [0.3, 0.4) is 0 Å². The number of aliphatic hydroxyl groups excluding tert-OH is 1. The lowest BCUT2D eigenvalue weighted by atomic mass is 10.1. The zero-order chi connectivity index (χ0) is 14.7. The second kappa shape index (κ2) is 6.02. The van der Waals surface area contributed by atoms with E-state index in [1.165, 1.54) is 12.1 Å². The van der Waals surface area contributed by atoms with Gasteiger partial charge in [-0.3, -0.25) is 10.1 Å². The van der Waals surface area contributed by atoms with Gasteiger partial charge in [-0.1, -0.05) is 28.1 Å². The van der Waals surface area contributed by atoms with Gasteiger partial charge < -0.3 is 9.84 Å². The monoisotopic (exact) mass is 337 g/mol. The first-order valence-corrected chi connectivity index (χ1v) is 6.66. The topological polar surface area (TPSA) is 72.6 Å². The van der Waals surface area contributed by atoms with Crippen LogP contribution in [0.5, 0.6) is 11.5 Å². The number of aliphatic hydroxyl groups is 1. The standard InChI is InChI=1S/C14H12BrNO4/c1-9(17)13-6-5-12(8-14(13)15)20-11-4-2-3-10(7-11)16(18)19/h2-9,17H,1H3/t9-/m0/s1. The van der Waals surface area contributed by atoms with Gasteiger partial charge in [-0.2, -0.15) is 0 Å². The number of hydrogen-bond donors (Lipinski definition) is 1. The summed E-state index contributed by atoms with van der Waals surface area (Å²) in [5, 5.41) is 20.2. The summed E-state index contributed by atoms with van der Waals surface area (Å²) in [4.78, 5) is 10.2. The van der Waals surface area contributed by atoms with Gasteiger partial charge in [0.05, 0.1) is 17.1 Å². The Kier molecular flexibility index (Phi) is 4.36. The Balaban J connectivity index is 2.24. The van der Waals surface area contributed by atoms with Crippen molar-refractivity contribution in [1.82, 2.24) is 0 Å². The van der Waals surface area contributed by atoms with E-state index in [2.05, 4.69) is 15.9 Å². The largest absolute Gasteiger partial charge is 0.457 e. The quantitative estimate of drug-likeness (QED) is 0.670. The van der Waals surface area contributed by atoms with E-state index >= 15 is 0 Å². The fourth-order valence-corrected chi connectivity index (χ4v) is 2.40. The van der Waals surface area contributed by atoms with Crippen LogP contribution in [0.4, 0.5) is 5.69 Å². The smallest absolute Gasteiger partial charge is 0.273 e. The fraction of sp³-hybridized carbons (Fsp3) is 0.143. The maximum Gasteiger partial charge on any atom is 0.273 e. The number of rotatable bonds is 4. The van der Waals surface area contributed by atoms with Crippen LogP contribution in [0, 0.1) is 10.1 Å². The first kappa shape index (κ1) is 14.5. The average Bonchev–Trinajstić information content (AvgIpc) is 2.38. The van der Waals surface area contributed by atoms with Gasteiger partial charge in [0.1, 0.15) is 11.5 Å². The van der Waals surface area contributed by atoms with E-state index in [4.69, 9.17) is 4.74 Å². The molecule has 0 amide bonds. The van der Waals surface area contributed by atoms with E-state index in [1.54, 1.807) is 37.3 Å². The lowest BCUT2D eigenvalue weighted by Gasteiger charge is -2.10. The number of benzene rings is 2. The predicted molar refractivity (Wildman–Crippen MR) is 77.9 cm³/mol. The van der Waals surface area contributed by atoms with Crippen molar-refractivity contribution in [3.8, 4) is 11.5 Å². The molecule has 0 unspecified atom stereocenters. The molecule has 6 heteroatoms. The first-order chi connectivity index (χ1) is 9.47. The molecule has 0 spiro atoms. The molecule has 0 bridgehead atoms. The molecule has 0 aliphatic heterocycles. The zero-order valence-electron chi connectivity index (χ0n) is 10.6. The molecule has 0 aliphatic rings. The minimum atomic E-state index is -0.587. The summed E-state index contributed by atoms with van der Waals surface area (Å²) in [6.45, 7) is 1.67. The van der Waals surface area contributed by atoms with E-state index in [0.29, 0.717) is 11.5 Å². The van der Waals surface area contributed by atoms with Crippen LogP contribution >= 0.6 is 15.9 Å². The Morgan fingerprint density at radius 3 is 2.55 bits per heavy atom. The van der Waals surface area contributed by atoms with Crippen molar-refractivity contribution < 1.29 is 14.8 Å². The van der Waals surface area contributed by atoms with Gasteiger partial charge in [0.15, 0.2) is 0 Å². The first-order valence-electron chi connectivity index (χ1n) is 5.87. The van der Waals surface area contributed by atoms with E-state index in [9.17, 15) is 15.2 Å². The van der Waals surface area contributed by atoms with E-state index in [0.717, 1.165) is 10.0 Å². The Hall–Kier alpha value is -1.92. The Morgan fingerprint density at radius 2 is 1.95 bits per heavy atom. The number of nitro benzene ring substituents is 1. The molecule has 20 heavy (non-hydrogen) atoms. The SMILES string of the molecule is C[C@H](O)c1ccc(Oc2cccc([N+](=O)[O-])c2)cc1Br. The molecule has 0 fully saturated rings. The molecule has 104 valence electrons. The number of hydrogen-bond acceptors (Lipinski definition) is 4. The summed E-state index contributed by atoms with van der Waals surface area (Å²) in [5.74, 6) is 0.915. The highest BCUT2D eigenvalue weighted by Crippen LogP contribution is 2.31. The molecule has 1 N–H and O–H groups in total.